The van der Waals surface area contributed by atoms with E-state index in [1.807, 2.05) is 78.9 Å². The van der Waals surface area contributed by atoms with Crippen LogP contribution in [0.15, 0.2) is 78.9 Å². The predicted octanol–water partition coefficient (Wildman–Crippen LogP) is 5.01. The summed E-state index contributed by atoms with van der Waals surface area (Å²) in [6.45, 7) is 0.635. The number of hydrogen-bond acceptors (Lipinski definition) is 4. The van der Waals surface area contributed by atoms with Crippen LogP contribution in [0, 0.1) is 0 Å². The Morgan fingerprint density at radius 1 is 0.731 bits per heavy atom. The van der Waals surface area contributed by atoms with Crippen LogP contribution in [0.1, 0.15) is 24.4 Å². The highest BCUT2D eigenvalue weighted by atomic mass is 16.5. The van der Waals surface area contributed by atoms with Crippen LogP contribution in [0.5, 0.6) is 23.0 Å². The molecule has 0 unspecified atom stereocenters. The van der Waals surface area contributed by atoms with Gasteiger partial charge in [0.2, 0.25) is 0 Å². The van der Waals surface area contributed by atoms with Gasteiger partial charge in [-0.3, -0.25) is 0 Å². The zero-order valence-corrected chi connectivity index (χ0v) is 14.7. The first-order valence-electron chi connectivity index (χ1n) is 8.81. The molecule has 4 N–H and O–H groups in total. The summed E-state index contributed by atoms with van der Waals surface area (Å²) in [6.07, 6.45) is 1.72. The Balaban J connectivity index is 1.89. The Labute approximate surface area is 154 Å². The molecule has 0 aliphatic carbocycles. The van der Waals surface area contributed by atoms with Crippen LogP contribution in [0.2, 0.25) is 0 Å². The molecule has 0 fully saturated rings. The summed E-state index contributed by atoms with van der Waals surface area (Å²) in [7, 11) is 0. The first kappa shape index (κ1) is 18.0. The molecule has 0 amide bonds. The molecule has 0 bridgehead atoms. The smallest absolute Gasteiger partial charge is 0.170 e. The summed E-state index contributed by atoms with van der Waals surface area (Å²) in [5, 5.41) is 0. The lowest BCUT2D eigenvalue weighted by Crippen LogP contribution is -2.12. The van der Waals surface area contributed by atoms with Gasteiger partial charge in [-0.2, -0.15) is 0 Å². The summed E-state index contributed by atoms with van der Waals surface area (Å²) in [5.74, 6) is 2.79. The van der Waals surface area contributed by atoms with E-state index in [0.29, 0.717) is 18.0 Å². The fraction of sp³-hybridized carbons (Fsp3) is 0.182. The van der Waals surface area contributed by atoms with Gasteiger partial charge < -0.3 is 20.9 Å². The molecular weight excluding hydrogens is 324 g/mol. The van der Waals surface area contributed by atoms with Gasteiger partial charge in [0.25, 0.3) is 0 Å². The minimum absolute atomic E-state index is 0.0811. The fourth-order valence-electron chi connectivity index (χ4n) is 2.65. The molecule has 0 aromatic heterocycles. The van der Waals surface area contributed by atoms with Crippen molar-refractivity contribution in [1.29, 1.82) is 0 Å². The lowest BCUT2D eigenvalue weighted by molar-refractivity contribution is 0.417. The number of hydrogen-bond donors (Lipinski definition) is 2. The zero-order chi connectivity index (χ0) is 18.2. The SMILES string of the molecule is NCCC[C@@H](N)c1ccc(Oc2ccccc2)c(Oc2ccccc2)c1. The molecule has 0 radical (unpaired) electrons. The molecule has 0 aliphatic rings. The van der Waals surface area contributed by atoms with Gasteiger partial charge in [0.05, 0.1) is 0 Å². The molecule has 0 spiro atoms. The Hall–Kier alpha value is -2.82. The van der Waals surface area contributed by atoms with E-state index in [9.17, 15) is 0 Å². The number of nitrogens with two attached hydrogens (primary N) is 2. The van der Waals surface area contributed by atoms with Gasteiger partial charge in [0, 0.05) is 6.04 Å². The average Bonchev–Trinajstić information content (AvgIpc) is 2.69. The van der Waals surface area contributed by atoms with Gasteiger partial charge in [-0.1, -0.05) is 42.5 Å². The largest absolute Gasteiger partial charge is 0.453 e. The first-order valence-corrected chi connectivity index (χ1v) is 8.81. The van der Waals surface area contributed by atoms with E-state index in [2.05, 4.69) is 0 Å². The molecule has 4 nitrogen and oxygen atoms in total. The molecule has 3 aromatic carbocycles. The van der Waals surface area contributed by atoms with Gasteiger partial charge in [-0.15, -0.1) is 0 Å². The van der Waals surface area contributed by atoms with E-state index < -0.39 is 0 Å². The third-order valence-corrected chi connectivity index (χ3v) is 4.06. The lowest BCUT2D eigenvalue weighted by atomic mass is 10.0. The average molecular weight is 348 g/mol. The first-order chi connectivity index (χ1) is 12.8. The van der Waals surface area contributed by atoms with Crippen molar-refractivity contribution < 1.29 is 9.47 Å². The third kappa shape index (κ3) is 4.85. The van der Waals surface area contributed by atoms with E-state index in [1.54, 1.807) is 0 Å². The van der Waals surface area contributed by atoms with Crippen molar-refractivity contribution in [3.05, 3.63) is 84.4 Å². The molecule has 134 valence electrons. The highest BCUT2D eigenvalue weighted by Gasteiger charge is 2.13. The van der Waals surface area contributed by atoms with E-state index in [4.69, 9.17) is 20.9 Å². The standard InChI is InChI=1S/C22H24N2O2/c23-15-7-12-20(24)17-13-14-21(25-18-8-3-1-4-9-18)22(16-17)26-19-10-5-2-6-11-19/h1-6,8-11,13-14,16,20H,7,12,15,23-24H2/t20-/m1/s1. The van der Waals surface area contributed by atoms with Gasteiger partial charge in [-0.05, 0) is 61.3 Å². The Morgan fingerprint density at radius 3 is 1.88 bits per heavy atom. The number of benzene rings is 3. The molecule has 0 heterocycles. The van der Waals surface area contributed by atoms with Crippen LogP contribution in [0.25, 0.3) is 0 Å². The van der Waals surface area contributed by atoms with Crippen molar-refractivity contribution in [2.45, 2.75) is 18.9 Å². The lowest BCUT2D eigenvalue weighted by Gasteiger charge is -2.17. The third-order valence-electron chi connectivity index (χ3n) is 4.06. The van der Waals surface area contributed by atoms with Crippen LogP contribution in [-0.4, -0.2) is 6.54 Å². The molecule has 4 heteroatoms. The molecule has 0 aliphatic heterocycles. The molecule has 26 heavy (non-hydrogen) atoms. The molecular formula is C22H24N2O2. The molecule has 0 saturated heterocycles. The summed E-state index contributed by atoms with van der Waals surface area (Å²) < 4.78 is 12.1. The fourth-order valence-corrected chi connectivity index (χ4v) is 2.65. The van der Waals surface area contributed by atoms with Gasteiger partial charge in [0.15, 0.2) is 11.5 Å². The van der Waals surface area contributed by atoms with Crippen molar-refractivity contribution in [3.8, 4) is 23.0 Å². The minimum Gasteiger partial charge on any atom is -0.453 e. The molecule has 0 saturated carbocycles. The van der Waals surface area contributed by atoms with E-state index >= 15 is 0 Å². The maximum absolute atomic E-state index is 6.29. The molecule has 1 atom stereocenters. The zero-order valence-electron chi connectivity index (χ0n) is 14.7. The van der Waals surface area contributed by atoms with Gasteiger partial charge in [-0.25, -0.2) is 0 Å². The molecule has 3 rings (SSSR count). The Kier molecular flexibility index (Phi) is 6.25. The second kappa shape index (κ2) is 9.04. The van der Waals surface area contributed by atoms with Crippen molar-refractivity contribution in [2.75, 3.05) is 6.54 Å². The summed E-state index contributed by atoms with van der Waals surface area (Å²) >= 11 is 0. The predicted molar refractivity (Wildman–Crippen MR) is 105 cm³/mol. The Bertz CT molecular complexity index is 807. The maximum Gasteiger partial charge on any atom is 0.170 e. The van der Waals surface area contributed by atoms with Gasteiger partial charge in [0.1, 0.15) is 11.5 Å². The van der Waals surface area contributed by atoms with E-state index in [1.165, 1.54) is 0 Å². The van der Waals surface area contributed by atoms with Crippen LogP contribution < -0.4 is 20.9 Å². The van der Waals surface area contributed by atoms with Crippen molar-refractivity contribution >= 4 is 0 Å². The highest BCUT2D eigenvalue weighted by Crippen LogP contribution is 2.37. The highest BCUT2D eigenvalue weighted by molar-refractivity contribution is 5.48. The number of rotatable bonds is 8. The minimum atomic E-state index is -0.0811. The summed E-state index contributed by atoms with van der Waals surface area (Å²) in [6, 6.07) is 25.0. The van der Waals surface area contributed by atoms with E-state index in [0.717, 1.165) is 29.9 Å². The topological polar surface area (TPSA) is 70.5 Å². The number of para-hydroxylation sites is 2. The van der Waals surface area contributed by atoms with Crippen molar-refractivity contribution in [3.63, 3.8) is 0 Å². The van der Waals surface area contributed by atoms with E-state index in [-0.39, 0.29) is 6.04 Å². The van der Waals surface area contributed by atoms with Gasteiger partial charge >= 0.3 is 0 Å². The van der Waals surface area contributed by atoms with Crippen LogP contribution in [0.3, 0.4) is 0 Å². The summed E-state index contributed by atoms with van der Waals surface area (Å²) in [5.41, 5.74) is 12.9. The maximum atomic E-state index is 6.29. The molecule has 3 aromatic rings. The quantitative estimate of drug-likeness (QED) is 0.600. The monoisotopic (exact) mass is 348 g/mol. The van der Waals surface area contributed by atoms with Crippen molar-refractivity contribution in [2.24, 2.45) is 11.5 Å². The normalized spacial score (nSPS) is 11.8. The van der Waals surface area contributed by atoms with Crippen molar-refractivity contribution in [1.82, 2.24) is 0 Å². The van der Waals surface area contributed by atoms with Crippen LogP contribution >= 0.6 is 0 Å². The Morgan fingerprint density at radius 2 is 1.31 bits per heavy atom. The second-order valence-corrected chi connectivity index (χ2v) is 6.07. The van der Waals surface area contributed by atoms with Crippen LogP contribution in [-0.2, 0) is 0 Å². The summed E-state index contributed by atoms with van der Waals surface area (Å²) in [4.78, 5) is 0. The van der Waals surface area contributed by atoms with Crippen LogP contribution in [0.4, 0.5) is 0 Å². The second-order valence-electron chi connectivity index (χ2n) is 6.07. The number of ether oxygens (including phenoxy) is 2.